The molecule has 1 aromatic carbocycles. The first kappa shape index (κ1) is 14.1. The Balaban J connectivity index is 1.68. The van der Waals surface area contributed by atoms with Crippen molar-refractivity contribution >= 4 is 22.9 Å². The summed E-state index contributed by atoms with van der Waals surface area (Å²) < 4.78 is 5.37. The number of ether oxygens (including phenoxy) is 1. The quantitative estimate of drug-likeness (QED) is 0.891. The van der Waals surface area contributed by atoms with Gasteiger partial charge in [-0.2, -0.15) is 0 Å². The van der Waals surface area contributed by atoms with E-state index in [2.05, 4.69) is 35.1 Å². The molecule has 2 aromatic rings. The monoisotopic (exact) mass is 302 g/mol. The molecule has 2 N–H and O–H groups in total. The molecule has 0 radical (unpaired) electrons. The molecule has 0 aliphatic carbocycles. The lowest BCUT2D eigenvalue weighted by Crippen LogP contribution is -2.25. The second kappa shape index (κ2) is 6.28. The van der Waals surface area contributed by atoms with Gasteiger partial charge < -0.3 is 15.4 Å². The average molecular weight is 302 g/mol. The van der Waals surface area contributed by atoms with Gasteiger partial charge in [0.15, 0.2) is 6.61 Å². The second-order valence-electron chi connectivity index (χ2n) is 5.02. The molecule has 2 heterocycles. The molecule has 110 valence electrons. The topological polar surface area (TPSA) is 50.4 Å². The van der Waals surface area contributed by atoms with E-state index in [1.54, 1.807) is 11.3 Å². The van der Waals surface area contributed by atoms with Crippen LogP contribution in [0.25, 0.3) is 0 Å². The van der Waals surface area contributed by atoms with Gasteiger partial charge in [0.05, 0.1) is 5.69 Å². The molecule has 21 heavy (non-hydrogen) atoms. The number of thiophene rings is 1. The van der Waals surface area contributed by atoms with Crippen molar-refractivity contribution in [1.29, 1.82) is 0 Å². The third-order valence-corrected chi connectivity index (χ3v) is 4.51. The molecule has 5 heteroatoms. The number of hydrogen-bond donors (Lipinski definition) is 2. The van der Waals surface area contributed by atoms with Gasteiger partial charge in [-0.3, -0.25) is 4.79 Å². The van der Waals surface area contributed by atoms with Crippen molar-refractivity contribution in [2.45, 2.75) is 25.9 Å². The van der Waals surface area contributed by atoms with Gasteiger partial charge in [-0.15, -0.1) is 11.3 Å². The van der Waals surface area contributed by atoms with Gasteiger partial charge >= 0.3 is 0 Å². The summed E-state index contributed by atoms with van der Waals surface area (Å²) >= 11 is 1.77. The fourth-order valence-corrected chi connectivity index (χ4v) is 3.30. The lowest BCUT2D eigenvalue weighted by Gasteiger charge is -2.20. The van der Waals surface area contributed by atoms with Crippen molar-refractivity contribution in [2.24, 2.45) is 0 Å². The first-order valence-electron chi connectivity index (χ1n) is 7.08. The maximum absolute atomic E-state index is 11.4. The molecule has 0 saturated carbocycles. The lowest BCUT2D eigenvalue weighted by atomic mass is 10.1. The largest absolute Gasteiger partial charge is 0.482 e. The standard InChI is InChI=1S/C16H18N2O2S/c1-2-12(15-4-3-7-21-15)17-9-11-5-6-14-13(8-11)18-16(19)10-20-14/h3-8,12,17H,2,9-10H2,1H3,(H,18,19). The Hall–Kier alpha value is -1.85. The fourth-order valence-electron chi connectivity index (χ4n) is 2.42. The number of anilines is 1. The predicted octanol–water partition coefficient (Wildman–Crippen LogP) is 3.32. The van der Waals surface area contributed by atoms with Crippen LogP contribution in [0.2, 0.25) is 0 Å². The number of rotatable bonds is 5. The molecule has 1 amide bonds. The van der Waals surface area contributed by atoms with E-state index in [1.165, 1.54) is 4.88 Å². The number of amides is 1. The van der Waals surface area contributed by atoms with Crippen LogP contribution >= 0.6 is 11.3 Å². The third kappa shape index (κ3) is 3.25. The highest BCUT2D eigenvalue weighted by molar-refractivity contribution is 7.10. The number of carbonyl (C=O) groups excluding carboxylic acids is 1. The van der Waals surface area contributed by atoms with Crippen molar-refractivity contribution in [3.05, 3.63) is 46.2 Å². The molecule has 4 nitrogen and oxygen atoms in total. The Morgan fingerprint density at radius 3 is 3.10 bits per heavy atom. The molecule has 0 fully saturated rings. The van der Waals surface area contributed by atoms with E-state index in [4.69, 9.17) is 4.74 Å². The van der Waals surface area contributed by atoms with Crippen molar-refractivity contribution < 1.29 is 9.53 Å². The van der Waals surface area contributed by atoms with Gasteiger partial charge in [0, 0.05) is 17.5 Å². The van der Waals surface area contributed by atoms with Crippen molar-refractivity contribution in [3.8, 4) is 5.75 Å². The zero-order chi connectivity index (χ0) is 14.7. The SMILES string of the molecule is CCC(NCc1ccc2c(c1)NC(=O)CO2)c1cccs1. The number of benzene rings is 1. The summed E-state index contributed by atoms with van der Waals surface area (Å²) in [5.41, 5.74) is 1.89. The van der Waals surface area contributed by atoms with Gasteiger partial charge in [-0.25, -0.2) is 0 Å². The minimum Gasteiger partial charge on any atom is -0.482 e. The predicted molar refractivity (Wildman–Crippen MR) is 84.8 cm³/mol. The van der Waals surface area contributed by atoms with Crippen LogP contribution in [0, 0.1) is 0 Å². The lowest BCUT2D eigenvalue weighted by molar-refractivity contribution is -0.118. The Labute approximate surface area is 128 Å². The molecular weight excluding hydrogens is 284 g/mol. The van der Waals surface area contributed by atoms with E-state index in [0.717, 1.165) is 30.0 Å². The molecule has 0 saturated heterocycles. The molecule has 1 aliphatic rings. The average Bonchev–Trinajstić information content (AvgIpc) is 3.01. The summed E-state index contributed by atoms with van der Waals surface area (Å²) in [6.07, 6.45) is 1.05. The Morgan fingerprint density at radius 2 is 2.33 bits per heavy atom. The first-order chi connectivity index (χ1) is 10.3. The van der Waals surface area contributed by atoms with Gasteiger partial charge in [0.2, 0.25) is 0 Å². The van der Waals surface area contributed by atoms with Crippen molar-refractivity contribution in [3.63, 3.8) is 0 Å². The molecule has 0 bridgehead atoms. The van der Waals surface area contributed by atoms with Crippen LogP contribution in [-0.4, -0.2) is 12.5 Å². The van der Waals surface area contributed by atoms with E-state index in [9.17, 15) is 4.79 Å². The van der Waals surface area contributed by atoms with Gasteiger partial charge in [-0.05, 0) is 35.6 Å². The highest BCUT2D eigenvalue weighted by atomic mass is 32.1. The van der Waals surface area contributed by atoms with E-state index in [1.807, 2.05) is 18.2 Å². The zero-order valence-corrected chi connectivity index (χ0v) is 12.7. The van der Waals surface area contributed by atoms with Crippen LogP contribution in [-0.2, 0) is 11.3 Å². The normalized spacial score (nSPS) is 15.0. The van der Waals surface area contributed by atoms with Crippen LogP contribution in [0.3, 0.4) is 0 Å². The van der Waals surface area contributed by atoms with Crippen molar-refractivity contribution in [2.75, 3.05) is 11.9 Å². The highest BCUT2D eigenvalue weighted by Gasteiger charge is 2.16. The van der Waals surface area contributed by atoms with Crippen LogP contribution in [0.5, 0.6) is 5.75 Å². The minimum atomic E-state index is -0.0994. The fraction of sp³-hybridized carbons (Fsp3) is 0.312. The van der Waals surface area contributed by atoms with Crippen LogP contribution in [0.4, 0.5) is 5.69 Å². The van der Waals surface area contributed by atoms with Crippen molar-refractivity contribution in [1.82, 2.24) is 5.32 Å². The second-order valence-corrected chi connectivity index (χ2v) is 6.00. The minimum absolute atomic E-state index is 0.0981. The van der Waals surface area contributed by atoms with Gasteiger partial charge in [0.25, 0.3) is 5.91 Å². The maximum Gasteiger partial charge on any atom is 0.262 e. The van der Waals surface area contributed by atoms with Crippen LogP contribution in [0.1, 0.15) is 29.8 Å². The smallest absolute Gasteiger partial charge is 0.262 e. The summed E-state index contributed by atoms with van der Waals surface area (Å²) in [5.74, 6) is 0.640. The van der Waals surface area contributed by atoms with Gasteiger partial charge in [0.1, 0.15) is 5.75 Å². The number of carbonyl (C=O) groups is 1. The van der Waals surface area contributed by atoms with Crippen LogP contribution < -0.4 is 15.4 Å². The number of fused-ring (bicyclic) bond motifs is 1. The molecule has 1 unspecified atom stereocenters. The third-order valence-electron chi connectivity index (χ3n) is 3.52. The summed E-state index contributed by atoms with van der Waals surface area (Å²) in [6, 6.07) is 10.5. The zero-order valence-electron chi connectivity index (χ0n) is 11.9. The maximum atomic E-state index is 11.4. The van der Waals surface area contributed by atoms with Gasteiger partial charge in [-0.1, -0.05) is 19.1 Å². The summed E-state index contributed by atoms with van der Waals surface area (Å²) in [5, 5.41) is 8.51. The highest BCUT2D eigenvalue weighted by Crippen LogP contribution is 2.29. The molecule has 1 atom stereocenters. The Kier molecular flexibility index (Phi) is 4.22. The molecule has 1 aliphatic heterocycles. The Morgan fingerprint density at radius 1 is 1.43 bits per heavy atom. The van der Waals surface area contributed by atoms with E-state index in [-0.39, 0.29) is 12.5 Å². The van der Waals surface area contributed by atoms with E-state index < -0.39 is 0 Å². The summed E-state index contributed by atoms with van der Waals surface area (Å²) in [4.78, 5) is 12.7. The Bertz CT molecular complexity index is 625. The number of hydrogen-bond acceptors (Lipinski definition) is 4. The summed E-state index contributed by atoms with van der Waals surface area (Å²) in [7, 11) is 0. The van der Waals surface area contributed by atoms with Crippen LogP contribution in [0.15, 0.2) is 35.7 Å². The molecule has 0 spiro atoms. The number of nitrogens with one attached hydrogen (secondary N) is 2. The first-order valence-corrected chi connectivity index (χ1v) is 7.96. The summed E-state index contributed by atoms with van der Waals surface area (Å²) in [6.45, 7) is 3.04. The molecular formula is C16H18N2O2S. The van der Waals surface area contributed by atoms with E-state index in [0.29, 0.717) is 6.04 Å². The molecule has 1 aromatic heterocycles. The molecule has 3 rings (SSSR count). The van der Waals surface area contributed by atoms with E-state index >= 15 is 0 Å².